The summed E-state index contributed by atoms with van der Waals surface area (Å²) in [5.41, 5.74) is 1.67. The smallest absolute Gasteiger partial charge is 0.241 e. The Morgan fingerprint density at radius 1 is 1.29 bits per heavy atom. The van der Waals surface area contributed by atoms with Crippen LogP contribution in [0, 0.1) is 19.8 Å². The van der Waals surface area contributed by atoms with E-state index in [0.29, 0.717) is 16.6 Å². The van der Waals surface area contributed by atoms with E-state index in [1.54, 1.807) is 13.2 Å². The van der Waals surface area contributed by atoms with E-state index in [-0.39, 0.29) is 12.1 Å². The Balaban J connectivity index is 1.85. The quantitative estimate of drug-likeness (QED) is 0.920. The Hall–Kier alpha value is -1.11. The van der Waals surface area contributed by atoms with Gasteiger partial charge in [0.2, 0.25) is 10.0 Å². The molecule has 0 aromatic heterocycles. The maximum atomic E-state index is 12.6. The molecule has 0 amide bonds. The van der Waals surface area contributed by atoms with Crippen molar-refractivity contribution in [3.63, 3.8) is 0 Å². The first-order chi connectivity index (χ1) is 9.92. The van der Waals surface area contributed by atoms with Crippen molar-refractivity contribution in [1.29, 1.82) is 0 Å². The number of ether oxygens (including phenoxy) is 2. The van der Waals surface area contributed by atoms with Gasteiger partial charge in [-0.15, -0.1) is 0 Å². The zero-order chi connectivity index (χ0) is 15.2. The van der Waals surface area contributed by atoms with E-state index in [4.69, 9.17) is 9.47 Å². The van der Waals surface area contributed by atoms with Gasteiger partial charge in [-0.05, 0) is 37.8 Å². The van der Waals surface area contributed by atoms with Crippen molar-refractivity contribution in [3.05, 3.63) is 23.3 Å². The van der Waals surface area contributed by atoms with Crippen LogP contribution in [-0.2, 0) is 14.8 Å². The third-order valence-corrected chi connectivity index (χ3v) is 6.18. The van der Waals surface area contributed by atoms with Crippen molar-refractivity contribution in [2.45, 2.75) is 43.7 Å². The molecule has 116 valence electrons. The van der Waals surface area contributed by atoms with Crippen LogP contribution < -0.4 is 9.46 Å². The molecule has 3 rings (SSSR count). The van der Waals surface area contributed by atoms with Crippen molar-refractivity contribution in [1.82, 2.24) is 4.72 Å². The third kappa shape index (κ3) is 2.56. The summed E-state index contributed by atoms with van der Waals surface area (Å²) in [7, 11) is -1.98. The van der Waals surface area contributed by atoms with E-state index in [1.165, 1.54) is 0 Å². The standard InChI is InChI=1S/C15H21NO4S/c1-9-6-10(2)15(8-13(9)19-3)21(17,18)16-12-7-14-11(12)4-5-20-14/h6,8,11-12,14,16H,4-5,7H2,1-3H3/t11-,12-,14+/m1/s1. The maximum absolute atomic E-state index is 12.6. The van der Waals surface area contributed by atoms with Gasteiger partial charge in [-0.3, -0.25) is 0 Å². The molecule has 1 aliphatic carbocycles. The number of nitrogens with one attached hydrogen (secondary N) is 1. The number of sulfonamides is 1. The highest BCUT2D eigenvalue weighted by Crippen LogP contribution is 2.39. The van der Waals surface area contributed by atoms with Crippen LogP contribution in [0.4, 0.5) is 0 Å². The number of methoxy groups -OCH3 is 1. The van der Waals surface area contributed by atoms with Gasteiger partial charge < -0.3 is 9.47 Å². The molecule has 2 aliphatic rings. The SMILES string of the molecule is COc1cc(S(=O)(=O)N[C@@H]2C[C@@H]3OCC[C@@H]32)c(C)cc1C. The molecule has 1 saturated carbocycles. The monoisotopic (exact) mass is 311 g/mol. The number of hydrogen-bond donors (Lipinski definition) is 1. The lowest BCUT2D eigenvalue weighted by molar-refractivity contribution is 0.0143. The van der Waals surface area contributed by atoms with Gasteiger partial charge in [0, 0.05) is 24.6 Å². The summed E-state index contributed by atoms with van der Waals surface area (Å²) in [6.07, 6.45) is 1.95. The average Bonchev–Trinajstić information content (AvgIpc) is 2.77. The van der Waals surface area contributed by atoms with Gasteiger partial charge in [-0.2, -0.15) is 0 Å². The molecule has 0 bridgehead atoms. The van der Waals surface area contributed by atoms with Crippen molar-refractivity contribution >= 4 is 10.0 Å². The Morgan fingerprint density at radius 3 is 2.71 bits per heavy atom. The molecule has 6 heteroatoms. The number of rotatable bonds is 4. The van der Waals surface area contributed by atoms with Crippen molar-refractivity contribution in [2.75, 3.05) is 13.7 Å². The largest absolute Gasteiger partial charge is 0.496 e. The molecule has 0 spiro atoms. The molecule has 0 unspecified atom stereocenters. The summed E-state index contributed by atoms with van der Waals surface area (Å²) in [5, 5.41) is 0. The van der Waals surface area contributed by atoms with Crippen LogP contribution in [0.1, 0.15) is 24.0 Å². The number of fused-ring (bicyclic) bond motifs is 1. The summed E-state index contributed by atoms with van der Waals surface area (Å²) >= 11 is 0. The van der Waals surface area contributed by atoms with E-state index < -0.39 is 10.0 Å². The third-order valence-electron chi connectivity index (χ3n) is 4.55. The zero-order valence-electron chi connectivity index (χ0n) is 12.5. The van der Waals surface area contributed by atoms with Gasteiger partial charge in [0.05, 0.1) is 18.1 Å². The van der Waals surface area contributed by atoms with Crippen LogP contribution in [0.25, 0.3) is 0 Å². The average molecular weight is 311 g/mol. The first kappa shape index (κ1) is 14.8. The molecule has 21 heavy (non-hydrogen) atoms. The summed E-state index contributed by atoms with van der Waals surface area (Å²) in [6, 6.07) is 3.44. The van der Waals surface area contributed by atoms with E-state index in [1.807, 2.05) is 19.9 Å². The maximum Gasteiger partial charge on any atom is 0.241 e. The Morgan fingerprint density at radius 2 is 2.05 bits per heavy atom. The molecule has 1 heterocycles. The molecule has 1 aromatic rings. The number of benzene rings is 1. The van der Waals surface area contributed by atoms with E-state index >= 15 is 0 Å². The lowest BCUT2D eigenvalue weighted by atomic mass is 9.77. The van der Waals surface area contributed by atoms with E-state index in [2.05, 4.69) is 4.72 Å². The molecule has 5 nitrogen and oxygen atoms in total. The second-order valence-corrected chi connectivity index (χ2v) is 7.59. The molecule has 1 aromatic carbocycles. The van der Waals surface area contributed by atoms with Gasteiger partial charge in [-0.25, -0.2) is 13.1 Å². The highest BCUT2D eigenvalue weighted by molar-refractivity contribution is 7.89. The van der Waals surface area contributed by atoms with E-state index in [9.17, 15) is 8.42 Å². The Kier molecular flexibility index (Phi) is 3.71. The fourth-order valence-electron chi connectivity index (χ4n) is 3.32. The summed E-state index contributed by atoms with van der Waals surface area (Å²) in [6.45, 7) is 4.45. The zero-order valence-corrected chi connectivity index (χ0v) is 13.4. The minimum atomic E-state index is -3.52. The predicted molar refractivity (Wildman–Crippen MR) is 79.0 cm³/mol. The van der Waals surface area contributed by atoms with Crippen molar-refractivity contribution in [3.8, 4) is 5.75 Å². The van der Waals surface area contributed by atoms with Gasteiger partial charge in [0.15, 0.2) is 0 Å². The number of hydrogen-bond acceptors (Lipinski definition) is 4. The highest BCUT2D eigenvalue weighted by atomic mass is 32.2. The van der Waals surface area contributed by atoms with Crippen LogP contribution in [0.5, 0.6) is 5.75 Å². The van der Waals surface area contributed by atoms with Crippen molar-refractivity contribution in [2.24, 2.45) is 5.92 Å². The van der Waals surface area contributed by atoms with Crippen LogP contribution in [0.3, 0.4) is 0 Å². The summed E-state index contributed by atoms with van der Waals surface area (Å²) in [4.78, 5) is 0.298. The molecular formula is C15H21NO4S. The second kappa shape index (κ2) is 5.26. The molecule has 1 N–H and O–H groups in total. The van der Waals surface area contributed by atoms with Crippen LogP contribution >= 0.6 is 0 Å². The van der Waals surface area contributed by atoms with Crippen LogP contribution in [-0.4, -0.2) is 34.3 Å². The Bertz CT molecular complexity index is 656. The first-order valence-corrected chi connectivity index (χ1v) is 8.70. The number of aryl methyl sites for hydroxylation is 2. The molecule has 0 radical (unpaired) electrons. The van der Waals surface area contributed by atoms with Gasteiger partial charge in [0.1, 0.15) is 5.75 Å². The topological polar surface area (TPSA) is 64.6 Å². The lowest BCUT2D eigenvalue weighted by Gasteiger charge is -2.39. The Labute approximate surface area is 125 Å². The first-order valence-electron chi connectivity index (χ1n) is 7.21. The van der Waals surface area contributed by atoms with Crippen molar-refractivity contribution < 1.29 is 17.9 Å². The van der Waals surface area contributed by atoms with Gasteiger partial charge >= 0.3 is 0 Å². The minimum Gasteiger partial charge on any atom is -0.496 e. The highest BCUT2D eigenvalue weighted by Gasteiger charge is 2.46. The second-order valence-electron chi connectivity index (χ2n) is 5.91. The normalized spacial score (nSPS) is 28.0. The predicted octanol–water partition coefficient (Wildman–Crippen LogP) is 1.77. The minimum absolute atomic E-state index is 0.00537. The lowest BCUT2D eigenvalue weighted by Crippen LogP contribution is -2.53. The summed E-state index contributed by atoms with van der Waals surface area (Å²) in [5.74, 6) is 0.920. The molecule has 3 atom stereocenters. The van der Waals surface area contributed by atoms with Gasteiger partial charge in [0.25, 0.3) is 0 Å². The molecule has 2 fully saturated rings. The fourth-order valence-corrected chi connectivity index (χ4v) is 4.86. The molecule has 1 aliphatic heterocycles. The fraction of sp³-hybridized carbons (Fsp3) is 0.600. The van der Waals surface area contributed by atoms with Crippen LogP contribution in [0.15, 0.2) is 17.0 Å². The summed E-state index contributed by atoms with van der Waals surface area (Å²) < 4.78 is 38.8. The molecule has 1 saturated heterocycles. The van der Waals surface area contributed by atoms with E-state index in [0.717, 1.165) is 30.6 Å². The van der Waals surface area contributed by atoms with Crippen LogP contribution in [0.2, 0.25) is 0 Å². The molecular weight excluding hydrogens is 290 g/mol. The van der Waals surface area contributed by atoms with Gasteiger partial charge in [-0.1, -0.05) is 6.07 Å².